The van der Waals surface area contributed by atoms with Crippen LogP contribution in [0.25, 0.3) is 0 Å². The quantitative estimate of drug-likeness (QED) is 0.536. The van der Waals surface area contributed by atoms with E-state index in [2.05, 4.69) is 12.1 Å². The van der Waals surface area contributed by atoms with Gasteiger partial charge < -0.3 is 20.1 Å². The van der Waals surface area contributed by atoms with Crippen LogP contribution in [0.5, 0.6) is 0 Å². The fraction of sp³-hybridized carbons (Fsp3) is 0.538. The maximum Gasteiger partial charge on any atom is 0.251 e. The molecule has 6 rings (SSSR count). The maximum absolute atomic E-state index is 13.9. The molecule has 4 aliphatic rings. The average Bonchev–Trinajstić information content (AvgIpc) is 2.79. The molecule has 0 radical (unpaired) electrons. The second-order valence-electron chi connectivity index (χ2n) is 10.0. The van der Waals surface area contributed by atoms with E-state index in [1.165, 1.54) is 11.8 Å². The molecule has 3 saturated carbocycles. The molecule has 0 aromatic heterocycles. The summed E-state index contributed by atoms with van der Waals surface area (Å²) >= 11 is 7.74. The van der Waals surface area contributed by atoms with Crippen LogP contribution in [0.4, 0.5) is 8.78 Å². The molecule has 4 nitrogen and oxygen atoms in total. The number of alkyl halides is 2. The van der Waals surface area contributed by atoms with Crippen molar-refractivity contribution in [1.82, 2.24) is 0 Å². The highest BCUT2D eigenvalue weighted by Gasteiger charge is 2.60. The lowest BCUT2D eigenvalue weighted by atomic mass is 9.50. The van der Waals surface area contributed by atoms with E-state index in [1.807, 2.05) is 18.2 Å². The van der Waals surface area contributed by atoms with E-state index in [-0.39, 0.29) is 11.8 Å². The number of hydrogen-bond donors (Lipinski definition) is 3. The Kier molecular flexibility index (Phi) is 6.49. The second kappa shape index (κ2) is 9.02. The molecule has 0 amide bonds. The van der Waals surface area contributed by atoms with Crippen molar-refractivity contribution in [2.45, 2.75) is 73.3 Å². The van der Waals surface area contributed by atoms with Crippen LogP contribution in [-0.4, -0.2) is 51.2 Å². The minimum Gasteiger partial charge on any atom is -0.387 e. The van der Waals surface area contributed by atoms with Crippen molar-refractivity contribution in [1.29, 1.82) is 0 Å². The smallest absolute Gasteiger partial charge is 0.251 e. The minimum atomic E-state index is -2.51. The molecule has 34 heavy (non-hydrogen) atoms. The van der Waals surface area contributed by atoms with E-state index in [0.29, 0.717) is 36.3 Å². The Bertz CT molecular complexity index is 1040. The third kappa shape index (κ3) is 4.18. The number of rotatable bonds is 5. The van der Waals surface area contributed by atoms with Crippen LogP contribution in [0.2, 0.25) is 5.02 Å². The van der Waals surface area contributed by atoms with Crippen molar-refractivity contribution in [3.8, 4) is 0 Å². The van der Waals surface area contributed by atoms with Gasteiger partial charge >= 0.3 is 0 Å². The lowest BCUT2D eigenvalue weighted by molar-refractivity contribution is -0.200. The molecule has 1 saturated heterocycles. The summed E-state index contributed by atoms with van der Waals surface area (Å²) in [5.74, 6) is -2.99. The number of benzene rings is 2. The number of fused-ring (bicyclic) bond motifs is 2. The number of halogens is 3. The van der Waals surface area contributed by atoms with Crippen molar-refractivity contribution in [3.63, 3.8) is 0 Å². The van der Waals surface area contributed by atoms with Gasteiger partial charge in [-0.1, -0.05) is 48.0 Å². The van der Waals surface area contributed by atoms with Gasteiger partial charge in [-0.25, -0.2) is 8.78 Å². The number of ether oxygens (including phenoxy) is 1. The van der Waals surface area contributed by atoms with Crippen LogP contribution in [0.15, 0.2) is 42.5 Å². The topological polar surface area (TPSA) is 69.9 Å². The summed E-state index contributed by atoms with van der Waals surface area (Å²) in [6.45, 7) is 0. The predicted octanol–water partition coefficient (Wildman–Crippen LogP) is 4.85. The van der Waals surface area contributed by atoms with Crippen LogP contribution in [-0.2, 0) is 16.6 Å². The molecular formula is C26H29ClF2O4S. The molecule has 4 fully saturated rings. The number of thioether (sulfide) groups is 1. The number of aliphatic hydroxyl groups is 3. The first-order valence-corrected chi connectivity index (χ1v) is 13.3. The number of aliphatic hydroxyl groups excluding tert-OH is 3. The second-order valence-corrected chi connectivity index (χ2v) is 11.3. The van der Waals surface area contributed by atoms with Crippen molar-refractivity contribution < 1.29 is 28.8 Å². The predicted molar refractivity (Wildman–Crippen MR) is 128 cm³/mol. The zero-order valence-electron chi connectivity index (χ0n) is 18.8. The molecule has 3 N–H and O–H groups in total. The Morgan fingerprint density at radius 2 is 1.71 bits per heavy atom. The summed E-state index contributed by atoms with van der Waals surface area (Å²) in [7, 11) is 0. The minimum absolute atomic E-state index is 0.0278. The van der Waals surface area contributed by atoms with Gasteiger partial charge in [-0.05, 0) is 65.7 Å². The summed E-state index contributed by atoms with van der Waals surface area (Å²) in [6, 6.07) is 13.5. The van der Waals surface area contributed by atoms with Crippen molar-refractivity contribution in [3.05, 3.63) is 69.7 Å². The van der Waals surface area contributed by atoms with Crippen LogP contribution < -0.4 is 0 Å². The Hall–Kier alpha value is -1.22. The highest BCUT2D eigenvalue weighted by atomic mass is 35.5. The van der Waals surface area contributed by atoms with Gasteiger partial charge in [0.2, 0.25) is 0 Å². The fourth-order valence-corrected chi connectivity index (χ4v) is 6.65. The standard InChI is InChI=1S/C26H29ClF2O4S/c1-34-24-22(32)20(30)21(31)23(33-24)15-4-7-19(27)16(11-15)10-14-2-5-17(6-3-14)25-8-9-26(28,29)18(12-25)13-25/h2-7,11,18,20-24,30-32H,8-10,12-13H2,1H3/t18?,20-,21-,22+,23?,24-,25?/m1/s1. The molecule has 2 aromatic rings. The van der Waals surface area contributed by atoms with Gasteiger partial charge in [-0.15, -0.1) is 11.8 Å². The largest absolute Gasteiger partial charge is 0.387 e. The monoisotopic (exact) mass is 510 g/mol. The highest BCUT2D eigenvalue weighted by molar-refractivity contribution is 7.99. The first-order valence-electron chi connectivity index (χ1n) is 11.6. The van der Waals surface area contributed by atoms with Crippen LogP contribution in [0.3, 0.4) is 0 Å². The SMILES string of the molecule is CS[C@H]1OC(c2ccc(Cl)c(Cc3ccc(C45CCC(F)(F)C(C4)C5)cc3)c2)[C@H](O)[C@@H](O)[C@@H]1O. The van der Waals surface area contributed by atoms with E-state index in [4.69, 9.17) is 16.3 Å². The molecular weight excluding hydrogens is 482 g/mol. The highest BCUT2D eigenvalue weighted by Crippen LogP contribution is 2.62. The van der Waals surface area contributed by atoms with E-state index in [9.17, 15) is 24.1 Å². The van der Waals surface area contributed by atoms with Crippen LogP contribution in [0, 0.1) is 5.92 Å². The van der Waals surface area contributed by atoms with Gasteiger partial charge in [-0.2, -0.15) is 0 Å². The molecule has 0 spiro atoms. The van der Waals surface area contributed by atoms with Crippen molar-refractivity contribution >= 4 is 23.4 Å². The zero-order valence-corrected chi connectivity index (χ0v) is 20.4. The summed E-state index contributed by atoms with van der Waals surface area (Å²) in [5, 5.41) is 31.5. The Labute approximate surface area is 207 Å². The van der Waals surface area contributed by atoms with E-state index < -0.39 is 41.7 Å². The van der Waals surface area contributed by atoms with Crippen molar-refractivity contribution in [2.24, 2.45) is 5.92 Å². The van der Waals surface area contributed by atoms with Gasteiger partial charge in [-0.3, -0.25) is 0 Å². The Morgan fingerprint density at radius 3 is 2.32 bits per heavy atom. The fourth-order valence-electron chi connectivity index (χ4n) is 5.80. The third-order valence-electron chi connectivity index (χ3n) is 7.97. The van der Waals surface area contributed by atoms with Gasteiger partial charge in [0, 0.05) is 17.4 Å². The Morgan fingerprint density at radius 1 is 1.00 bits per heavy atom. The maximum atomic E-state index is 13.9. The summed E-state index contributed by atoms with van der Waals surface area (Å²) in [6.07, 6.45) is -0.576. The van der Waals surface area contributed by atoms with Gasteiger partial charge in [0.05, 0.1) is 0 Å². The summed E-state index contributed by atoms with van der Waals surface area (Å²) in [4.78, 5) is 0. The molecule has 1 unspecified atom stereocenters. The van der Waals surface area contributed by atoms with Gasteiger partial charge in [0.25, 0.3) is 5.92 Å². The molecule has 1 heterocycles. The van der Waals surface area contributed by atoms with E-state index >= 15 is 0 Å². The van der Waals surface area contributed by atoms with E-state index in [0.717, 1.165) is 16.7 Å². The van der Waals surface area contributed by atoms with Gasteiger partial charge in [0.15, 0.2) is 0 Å². The molecule has 2 aromatic carbocycles. The molecule has 8 heteroatoms. The first-order chi connectivity index (χ1) is 16.1. The summed E-state index contributed by atoms with van der Waals surface area (Å²) in [5.41, 5.74) is 2.95. The van der Waals surface area contributed by atoms with Crippen LogP contribution >= 0.6 is 23.4 Å². The lowest BCUT2D eigenvalue weighted by Crippen LogP contribution is -2.54. The molecule has 1 aliphatic heterocycles. The molecule has 3 aliphatic carbocycles. The lowest BCUT2D eigenvalue weighted by Gasteiger charge is -2.56. The molecule has 184 valence electrons. The van der Waals surface area contributed by atoms with Gasteiger partial charge in [0.1, 0.15) is 29.9 Å². The molecule has 5 atom stereocenters. The van der Waals surface area contributed by atoms with E-state index in [1.54, 1.807) is 18.4 Å². The number of hydrogen-bond acceptors (Lipinski definition) is 5. The summed E-state index contributed by atoms with van der Waals surface area (Å²) < 4.78 is 33.6. The first kappa shape index (κ1) is 24.5. The van der Waals surface area contributed by atoms with Crippen molar-refractivity contribution in [2.75, 3.05) is 6.26 Å². The Balaban J connectivity index is 1.32. The average molecular weight is 511 g/mol. The zero-order chi connectivity index (χ0) is 24.3. The normalized spacial score (nSPS) is 36.7. The molecule has 2 bridgehead atoms. The third-order valence-corrected chi connectivity index (χ3v) is 9.19. The van der Waals surface area contributed by atoms with Crippen LogP contribution in [0.1, 0.15) is 54.0 Å².